The van der Waals surface area contributed by atoms with Gasteiger partial charge in [0.1, 0.15) is 5.01 Å². The fraction of sp³-hybridized carbons (Fsp3) is 0.333. The monoisotopic (exact) mass is 309 g/mol. The number of carbonyl (C=O) groups is 2. The number of carboxylic acid groups (broad SMARTS) is 1. The topological polar surface area (TPSA) is 109 Å². The minimum atomic E-state index is -1.08. The molecule has 0 aliphatic rings. The number of aryl methyl sites for hydroxylation is 1. The Morgan fingerprint density at radius 3 is 2.86 bits per heavy atom. The highest BCUT2D eigenvalue weighted by molar-refractivity contribution is 7.09. The highest BCUT2D eigenvalue weighted by Gasteiger charge is 2.15. The molecule has 1 unspecified atom stereocenters. The number of hydrogen-bond acceptors (Lipinski definition) is 5. The normalized spacial score (nSPS) is 11.9. The maximum Gasteiger partial charge on any atom is 0.355 e. The number of urea groups is 1. The molecule has 2 heterocycles. The second-order valence-electron chi connectivity index (χ2n) is 4.45. The SMILES string of the molecule is CC(NC(=O)NCc1cnn(C)c1)c1nc(C(=O)O)cs1. The molecule has 2 aromatic rings. The van der Waals surface area contributed by atoms with Gasteiger partial charge in [-0.1, -0.05) is 0 Å². The Morgan fingerprint density at radius 2 is 2.29 bits per heavy atom. The van der Waals surface area contributed by atoms with Crippen LogP contribution < -0.4 is 10.6 Å². The molecule has 0 aromatic carbocycles. The number of aromatic carboxylic acids is 1. The van der Waals surface area contributed by atoms with Crippen molar-refractivity contribution in [3.05, 3.63) is 34.0 Å². The number of thiazole rings is 1. The molecule has 9 heteroatoms. The number of carbonyl (C=O) groups excluding carboxylic acids is 1. The van der Waals surface area contributed by atoms with Crippen LogP contribution in [0.2, 0.25) is 0 Å². The van der Waals surface area contributed by atoms with E-state index in [1.807, 2.05) is 6.20 Å². The number of aromatic nitrogens is 3. The van der Waals surface area contributed by atoms with Crippen molar-refractivity contribution < 1.29 is 14.7 Å². The predicted octanol–water partition coefficient (Wildman–Crippen LogP) is 1.14. The second-order valence-corrected chi connectivity index (χ2v) is 5.34. The maximum atomic E-state index is 11.8. The van der Waals surface area contributed by atoms with Gasteiger partial charge >= 0.3 is 12.0 Å². The van der Waals surface area contributed by atoms with Crippen LogP contribution >= 0.6 is 11.3 Å². The molecule has 1 atom stereocenters. The van der Waals surface area contributed by atoms with Crippen LogP contribution in [0.4, 0.5) is 4.79 Å². The van der Waals surface area contributed by atoms with Gasteiger partial charge in [0.25, 0.3) is 0 Å². The highest BCUT2D eigenvalue weighted by atomic mass is 32.1. The van der Waals surface area contributed by atoms with Crippen molar-refractivity contribution in [2.75, 3.05) is 0 Å². The minimum Gasteiger partial charge on any atom is -0.476 e. The molecule has 2 aromatic heterocycles. The van der Waals surface area contributed by atoms with E-state index in [1.165, 1.54) is 16.7 Å². The van der Waals surface area contributed by atoms with E-state index in [2.05, 4.69) is 20.7 Å². The Hall–Kier alpha value is -2.42. The first-order chi connectivity index (χ1) is 9.95. The van der Waals surface area contributed by atoms with E-state index >= 15 is 0 Å². The van der Waals surface area contributed by atoms with E-state index < -0.39 is 5.97 Å². The third-order valence-corrected chi connectivity index (χ3v) is 3.70. The van der Waals surface area contributed by atoms with Crippen LogP contribution in [0.3, 0.4) is 0 Å². The molecule has 2 rings (SSSR count). The van der Waals surface area contributed by atoms with Gasteiger partial charge in [-0.25, -0.2) is 14.6 Å². The molecule has 0 aliphatic carbocycles. The van der Waals surface area contributed by atoms with Crippen molar-refractivity contribution in [2.24, 2.45) is 7.05 Å². The average Bonchev–Trinajstić information content (AvgIpc) is 3.05. The lowest BCUT2D eigenvalue weighted by Crippen LogP contribution is -2.36. The van der Waals surface area contributed by atoms with Crippen molar-refractivity contribution in [1.82, 2.24) is 25.4 Å². The number of rotatable bonds is 5. The van der Waals surface area contributed by atoms with Crippen LogP contribution in [-0.4, -0.2) is 31.9 Å². The molecular weight excluding hydrogens is 294 g/mol. The van der Waals surface area contributed by atoms with Gasteiger partial charge in [-0.3, -0.25) is 4.68 Å². The summed E-state index contributed by atoms with van der Waals surface area (Å²) in [5.41, 5.74) is 0.877. The summed E-state index contributed by atoms with van der Waals surface area (Å²) in [6.45, 7) is 2.11. The van der Waals surface area contributed by atoms with Gasteiger partial charge in [-0.05, 0) is 6.92 Å². The van der Waals surface area contributed by atoms with Crippen LogP contribution in [0.5, 0.6) is 0 Å². The van der Waals surface area contributed by atoms with Gasteiger partial charge in [0, 0.05) is 30.7 Å². The molecule has 0 saturated carbocycles. The van der Waals surface area contributed by atoms with E-state index in [0.29, 0.717) is 11.6 Å². The Kier molecular flexibility index (Phi) is 4.53. The van der Waals surface area contributed by atoms with Gasteiger partial charge in [0.2, 0.25) is 0 Å². The van der Waals surface area contributed by atoms with E-state index in [9.17, 15) is 9.59 Å². The fourth-order valence-corrected chi connectivity index (χ4v) is 2.44. The van der Waals surface area contributed by atoms with Crippen molar-refractivity contribution in [3.63, 3.8) is 0 Å². The zero-order valence-corrected chi connectivity index (χ0v) is 12.3. The first-order valence-corrected chi connectivity index (χ1v) is 7.04. The minimum absolute atomic E-state index is 0.0144. The molecule has 112 valence electrons. The standard InChI is InChI=1S/C12H15N5O3S/c1-7(10-16-9(6-21-10)11(18)19)15-12(20)13-3-8-4-14-17(2)5-8/h4-7H,3H2,1-2H3,(H,18,19)(H2,13,15,20). The Labute approximate surface area is 124 Å². The largest absolute Gasteiger partial charge is 0.476 e. The third kappa shape index (κ3) is 4.02. The number of carboxylic acids is 1. The van der Waals surface area contributed by atoms with E-state index in [1.54, 1.807) is 24.9 Å². The van der Waals surface area contributed by atoms with Crippen LogP contribution in [0, 0.1) is 0 Å². The zero-order chi connectivity index (χ0) is 15.4. The summed E-state index contributed by atoms with van der Waals surface area (Å²) >= 11 is 1.20. The quantitative estimate of drug-likeness (QED) is 0.767. The maximum absolute atomic E-state index is 11.8. The molecule has 3 N–H and O–H groups in total. The lowest BCUT2D eigenvalue weighted by Gasteiger charge is -2.11. The van der Waals surface area contributed by atoms with Crippen LogP contribution in [0.1, 0.15) is 34.0 Å². The predicted molar refractivity (Wildman–Crippen MR) is 76.1 cm³/mol. The summed E-state index contributed by atoms with van der Waals surface area (Å²) in [6, 6.07) is -0.713. The number of nitrogens with one attached hydrogen (secondary N) is 2. The highest BCUT2D eigenvalue weighted by Crippen LogP contribution is 2.17. The van der Waals surface area contributed by atoms with E-state index in [4.69, 9.17) is 5.11 Å². The summed E-state index contributed by atoms with van der Waals surface area (Å²) in [5, 5.41) is 20.2. The molecule has 0 saturated heterocycles. The van der Waals surface area contributed by atoms with Gasteiger partial charge in [-0.15, -0.1) is 11.3 Å². The van der Waals surface area contributed by atoms with E-state index in [0.717, 1.165) is 5.56 Å². The molecule has 0 bridgehead atoms. The third-order valence-electron chi connectivity index (χ3n) is 2.67. The average molecular weight is 309 g/mol. The fourth-order valence-electron chi connectivity index (χ4n) is 1.64. The van der Waals surface area contributed by atoms with Gasteiger partial charge in [-0.2, -0.15) is 5.10 Å². The Bertz CT molecular complexity index is 651. The van der Waals surface area contributed by atoms with Crippen molar-refractivity contribution in [1.29, 1.82) is 0 Å². The van der Waals surface area contributed by atoms with Crippen molar-refractivity contribution in [2.45, 2.75) is 19.5 Å². The second kappa shape index (κ2) is 6.35. The number of nitrogens with zero attached hydrogens (tertiary/aromatic N) is 3. The Balaban J connectivity index is 1.85. The molecule has 0 radical (unpaired) electrons. The zero-order valence-electron chi connectivity index (χ0n) is 11.5. The molecular formula is C12H15N5O3S. The Morgan fingerprint density at radius 1 is 1.52 bits per heavy atom. The summed E-state index contributed by atoms with van der Waals surface area (Å²) in [6.07, 6.45) is 3.48. The van der Waals surface area contributed by atoms with Crippen molar-refractivity contribution >= 4 is 23.3 Å². The molecule has 0 spiro atoms. The first kappa shape index (κ1) is 15.0. The summed E-state index contributed by atoms with van der Waals surface area (Å²) < 4.78 is 1.65. The molecule has 2 amide bonds. The summed E-state index contributed by atoms with van der Waals surface area (Å²) in [4.78, 5) is 26.5. The van der Waals surface area contributed by atoms with E-state index in [-0.39, 0.29) is 17.8 Å². The van der Waals surface area contributed by atoms with Gasteiger partial charge in [0.15, 0.2) is 5.69 Å². The molecule has 0 fully saturated rings. The molecule has 8 nitrogen and oxygen atoms in total. The number of amides is 2. The van der Waals surface area contributed by atoms with Crippen LogP contribution in [0.25, 0.3) is 0 Å². The van der Waals surface area contributed by atoms with Crippen LogP contribution in [-0.2, 0) is 13.6 Å². The lowest BCUT2D eigenvalue weighted by molar-refractivity contribution is 0.0691. The summed E-state index contributed by atoms with van der Waals surface area (Å²) in [7, 11) is 1.80. The summed E-state index contributed by atoms with van der Waals surface area (Å²) in [5.74, 6) is -1.08. The van der Waals surface area contributed by atoms with Crippen molar-refractivity contribution in [3.8, 4) is 0 Å². The molecule has 21 heavy (non-hydrogen) atoms. The lowest BCUT2D eigenvalue weighted by atomic mass is 10.3. The first-order valence-electron chi connectivity index (χ1n) is 6.16. The number of hydrogen-bond donors (Lipinski definition) is 3. The van der Waals surface area contributed by atoms with Crippen LogP contribution in [0.15, 0.2) is 17.8 Å². The van der Waals surface area contributed by atoms with Gasteiger partial charge in [0.05, 0.1) is 12.2 Å². The smallest absolute Gasteiger partial charge is 0.355 e. The molecule has 0 aliphatic heterocycles. The van der Waals surface area contributed by atoms with Gasteiger partial charge < -0.3 is 15.7 Å².